The van der Waals surface area contributed by atoms with Gasteiger partial charge >= 0.3 is 0 Å². The number of carbonyl (C=O) groups excluding carboxylic acids is 1. The van der Waals surface area contributed by atoms with Gasteiger partial charge in [0.1, 0.15) is 12.4 Å². The number of rotatable bonds is 10. The number of nitro groups is 1. The largest absolute Gasteiger partial charge is 0.488 e. The third-order valence-corrected chi connectivity index (χ3v) is 6.40. The van der Waals surface area contributed by atoms with Crippen LogP contribution in [0.3, 0.4) is 0 Å². The zero-order chi connectivity index (χ0) is 26.2. The zero-order valence-electron chi connectivity index (χ0n) is 19.6. The molecule has 0 unspecified atom stereocenters. The van der Waals surface area contributed by atoms with E-state index >= 15 is 0 Å². The van der Waals surface area contributed by atoms with E-state index in [0.717, 1.165) is 11.1 Å². The van der Waals surface area contributed by atoms with E-state index in [1.807, 2.05) is 35.9 Å². The van der Waals surface area contributed by atoms with Gasteiger partial charge < -0.3 is 9.30 Å². The normalized spacial score (nSPS) is 11.0. The number of aromatic nitrogens is 3. The summed E-state index contributed by atoms with van der Waals surface area (Å²) in [5.41, 5.74) is 4.84. The van der Waals surface area contributed by atoms with E-state index in [9.17, 15) is 14.9 Å². The van der Waals surface area contributed by atoms with Gasteiger partial charge in [0.15, 0.2) is 11.0 Å². The first-order valence-electron chi connectivity index (χ1n) is 11.0. The number of hydrogen-bond donors (Lipinski definition) is 1. The smallest absolute Gasteiger partial charge is 0.269 e. The van der Waals surface area contributed by atoms with E-state index in [1.165, 1.54) is 30.1 Å². The van der Waals surface area contributed by atoms with Crippen LogP contribution in [0, 0.1) is 10.1 Å². The van der Waals surface area contributed by atoms with Crippen LogP contribution in [0.1, 0.15) is 11.1 Å². The standard InChI is InChI=1S/C25H21ClN6O4S/c1-31-24(18-8-10-20(26)11-9-18)29-30-25(31)37-16-23(33)28-27-14-19-4-2-3-5-22(19)36-15-17-6-12-21(13-7-17)32(34)35/h2-14H,15-16H2,1H3,(H,28,33). The van der Waals surface area contributed by atoms with Gasteiger partial charge in [0.25, 0.3) is 11.6 Å². The summed E-state index contributed by atoms with van der Waals surface area (Å²) in [6.07, 6.45) is 1.49. The van der Waals surface area contributed by atoms with Crippen molar-refractivity contribution in [2.45, 2.75) is 11.8 Å². The molecule has 0 fully saturated rings. The summed E-state index contributed by atoms with van der Waals surface area (Å²) in [6, 6.07) is 20.6. The molecule has 3 aromatic carbocycles. The molecule has 10 nitrogen and oxygen atoms in total. The minimum Gasteiger partial charge on any atom is -0.488 e. The van der Waals surface area contributed by atoms with Gasteiger partial charge in [-0.1, -0.05) is 35.5 Å². The summed E-state index contributed by atoms with van der Waals surface area (Å²) < 4.78 is 7.65. The molecule has 4 aromatic rings. The molecule has 0 aliphatic rings. The summed E-state index contributed by atoms with van der Waals surface area (Å²) in [7, 11) is 1.83. The Morgan fingerprint density at radius 3 is 2.59 bits per heavy atom. The molecule has 1 amide bonds. The monoisotopic (exact) mass is 536 g/mol. The fraction of sp³-hybridized carbons (Fsp3) is 0.120. The molecule has 1 heterocycles. The molecule has 188 valence electrons. The van der Waals surface area contributed by atoms with Crippen LogP contribution in [0.2, 0.25) is 5.02 Å². The van der Waals surface area contributed by atoms with Crippen LogP contribution in [-0.2, 0) is 18.4 Å². The molecule has 1 aromatic heterocycles. The average Bonchev–Trinajstić information content (AvgIpc) is 3.27. The lowest BCUT2D eigenvalue weighted by Gasteiger charge is -2.09. The fourth-order valence-electron chi connectivity index (χ4n) is 3.22. The van der Waals surface area contributed by atoms with Gasteiger partial charge in [-0.25, -0.2) is 5.43 Å². The Hall–Kier alpha value is -4.22. The highest BCUT2D eigenvalue weighted by atomic mass is 35.5. The average molecular weight is 537 g/mol. The van der Waals surface area contributed by atoms with Gasteiger partial charge in [0, 0.05) is 35.3 Å². The second-order valence-corrected chi connectivity index (χ2v) is 9.08. The topological polar surface area (TPSA) is 125 Å². The number of para-hydroxylation sites is 1. The summed E-state index contributed by atoms with van der Waals surface area (Å²) in [5.74, 6) is 1.02. The molecule has 0 saturated carbocycles. The SMILES string of the molecule is Cn1c(SCC(=O)NN=Cc2ccccc2OCc2ccc([N+](=O)[O-])cc2)nnc1-c1ccc(Cl)cc1. The number of nitrogens with one attached hydrogen (secondary N) is 1. The number of benzene rings is 3. The van der Waals surface area contributed by atoms with Crippen molar-refractivity contribution >= 4 is 41.2 Å². The molecule has 1 N–H and O–H groups in total. The molecule has 0 aliphatic heterocycles. The molecule has 0 bridgehead atoms. The van der Waals surface area contributed by atoms with Gasteiger partial charge in [-0.3, -0.25) is 14.9 Å². The van der Waals surface area contributed by atoms with E-state index in [2.05, 4.69) is 20.7 Å². The number of amides is 1. The van der Waals surface area contributed by atoms with Crippen molar-refractivity contribution in [2.24, 2.45) is 12.1 Å². The van der Waals surface area contributed by atoms with Crippen LogP contribution in [0.15, 0.2) is 83.1 Å². The number of hydrazone groups is 1. The third kappa shape index (κ3) is 6.93. The number of thioether (sulfide) groups is 1. The maximum Gasteiger partial charge on any atom is 0.269 e. The Morgan fingerprint density at radius 1 is 1.14 bits per heavy atom. The second-order valence-electron chi connectivity index (χ2n) is 7.70. The molecule has 0 saturated heterocycles. The highest BCUT2D eigenvalue weighted by molar-refractivity contribution is 7.99. The second kappa shape index (κ2) is 12.2. The number of non-ortho nitro benzene ring substituents is 1. The molecule has 37 heavy (non-hydrogen) atoms. The van der Waals surface area contributed by atoms with E-state index in [0.29, 0.717) is 27.3 Å². The number of carbonyl (C=O) groups is 1. The highest BCUT2D eigenvalue weighted by Crippen LogP contribution is 2.24. The fourth-order valence-corrected chi connectivity index (χ4v) is 4.05. The van der Waals surface area contributed by atoms with Gasteiger partial charge in [-0.2, -0.15) is 5.10 Å². The summed E-state index contributed by atoms with van der Waals surface area (Å²) in [4.78, 5) is 22.7. The Morgan fingerprint density at radius 2 is 1.86 bits per heavy atom. The van der Waals surface area contributed by atoms with Gasteiger partial charge in [-0.05, 0) is 54.1 Å². The van der Waals surface area contributed by atoms with Crippen LogP contribution < -0.4 is 10.2 Å². The van der Waals surface area contributed by atoms with Crippen LogP contribution >= 0.6 is 23.4 Å². The molecule has 0 spiro atoms. The molecular formula is C25H21ClN6O4S. The highest BCUT2D eigenvalue weighted by Gasteiger charge is 2.13. The Bertz CT molecular complexity index is 1420. The maximum absolute atomic E-state index is 12.3. The molecule has 4 rings (SSSR count). The quantitative estimate of drug-likeness (QED) is 0.133. The molecule has 12 heteroatoms. The van der Waals surface area contributed by atoms with Crippen molar-refractivity contribution < 1.29 is 14.5 Å². The van der Waals surface area contributed by atoms with Gasteiger partial charge in [0.05, 0.1) is 16.9 Å². The van der Waals surface area contributed by atoms with E-state index < -0.39 is 4.92 Å². The van der Waals surface area contributed by atoms with Crippen LogP contribution in [0.5, 0.6) is 5.75 Å². The Balaban J connectivity index is 1.30. The number of halogens is 1. The first-order chi connectivity index (χ1) is 17.9. The van der Waals surface area contributed by atoms with Crippen molar-refractivity contribution in [2.75, 3.05) is 5.75 Å². The first-order valence-corrected chi connectivity index (χ1v) is 12.3. The molecule has 0 radical (unpaired) electrons. The van der Waals surface area contributed by atoms with Crippen molar-refractivity contribution in [3.63, 3.8) is 0 Å². The predicted molar refractivity (Wildman–Crippen MR) is 142 cm³/mol. The minimum atomic E-state index is -0.449. The first kappa shape index (κ1) is 25.9. The lowest BCUT2D eigenvalue weighted by molar-refractivity contribution is -0.384. The third-order valence-electron chi connectivity index (χ3n) is 5.12. The summed E-state index contributed by atoms with van der Waals surface area (Å²) in [5, 5.41) is 24.4. The van der Waals surface area contributed by atoms with Gasteiger partial charge in [-0.15, -0.1) is 10.2 Å². The van der Waals surface area contributed by atoms with Crippen LogP contribution in [0.25, 0.3) is 11.4 Å². The molecular weight excluding hydrogens is 516 g/mol. The minimum absolute atomic E-state index is 0.0198. The molecule has 0 aliphatic carbocycles. The molecule has 0 atom stereocenters. The lowest BCUT2D eigenvalue weighted by Crippen LogP contribution is -2.20. The maximum atomic E-state index is 12.3. The summed E-state index contributed by atoms with van der Waals surface area (Å²) >= 11 is 7.19. The van der Waals surface area contributed by atoms with Gasteiger partial charge in [0.2, 0.25) is 0 Å². The number of nitro benzene ring substituents is 1. The van der Waals surface area contributed by atoms with Crippen molar-refractivity contribution in [3.8, 4) is 17.1 Å². The van der Waals surface area contributed by atoms with E-state index in [4.69, 9.17) is 16.3 Å². The Kier molecular flexibility index (Phi) is 8.49. The summed E-state index contributed by atoms with van der Waals surface area (Å²) in [6.45, 7) is 0.224. The Labute approximate surface area is 221 Å². The zero-order valence-corrected chi connectivity index (χ0v) is 21.1. The number of nitrogens with zero attached hydrogens (tertiary/aromatic N) is 5. The number of ether oxygens (including phenoxy) is 1. The van der Waals surface area contributed by atoms with Crippen LogP contribution in [0.4, 0.5) is 5.69 Å². The van der Waals surface area contributed by atoms with Crippen molar-refractivity contribution in [3.05, 3.63) is 99.1 Å². The predicted octanol–water partition coefficient (Wildman–Crippen LogP) is 4.87. The number of hydrogen-bond acceptors (Lipinski definition) is 8. The van der Waals surface area contributed by atoms with E-state index in [1.54, 1.807) is 36.4 Å². The van der Waals surface area contributed by atoms with E-state index in [-0.39, 0.29) is 24.0 Å². The lowest BCUT2D eigenvalue weighted by atomic mass is 10.2. The van der Waals surface area contributed by atoms with Crippen molar-refractivity contribution in [1.29, 1.82) is 0 Å². The van der Waals surface area contributed by atoms with Crippen molar-refractivity contribution in [1.82, 2.24) is 20.2 Å². The van der Waals surface area contributed by atoms with Crippen LogP contribution in [-0.4, -0.2) is 37.6 Å².